The molecule has 1 saturated heterocycles. The quantitative estimate of drug-likeness (QED) is 0.544. The Kier molecular flexibility index (Phi) is 7.53. The lowest BCUT2D eigenvalue weighted by molar-refractivity contribution is 0.255. The predicted molar refractivity (Wildman–Crippen MR) is 125 cm³/mol. The highest BCUT2D eigenvalue weighted by Crippen LogP contribution is 2.24. The molecule has 0 radical (unpaired) electrons. The maximum atomic E-state index is 4.53. The van der Waals surface area contributed by atoms with Crippen molar-refractivity contribution in [1.29, 1.82) is 0 Å². The summed E-state index contributed by atoms with van der Waals surface area (Å²) in [5, 5.41) is 11.6. The molecule has 6 nitrogen and oxygen atoms in total. The van der Waals surface area contributed by atoms with E-state index in [-0.39, 0.29) is 6.04 Å². The molecule has 3 unspecified atom stereocenters. The molecule has 0 aliphatic carbocycles. The fraction of sp³-hybridized carbons (Fsp3) is 0.583. The second-order valence-corrected chi connectivity index (χ2v) is 8.84. The summed E-state index contributed by atoms with van der Waals surface area (Å²) >= 11 is 0. The van der Waals surface area contributed by atoms with Gasteiger partial charge < -0.3 is 10.6 Å². The van der Waals surface area contributed by atoms with Crippen LogP contribution in [-0.2, 0) is 20.0 Å². The molecule has 2 heterocycles. The van der Waals surface area contributed by atoms with Crippen molar-refractivity contribution in [2.75, 3.05) is 20.1 Å². The molecule has 1 aliphatic rings. The normalized spacial score (nSPS) is 21.1. The minimum absolute atomic E-state index is 0.287. The standard InChI is InChI=1S/C24H38N6/c1-17(12-23-19(3)28-29(6)20(23)4)27-24(25-5)26-14-22-13-18(2)30(16-22)15-21-10-8-7-9-11-21/h7-11,17-18,22H,12-16H2,1-6H3,(H2,25,26,27). The van der Waals surface area contributed by atoms with E-state index in [0.29, 0.717) is 12.0 Å². The predicted octanol–water partition coefficient (Wildman–Crippen LogP) is 3.04. The number of hydrogen-bond acceptors (Lipinski definition) is 3. The number of hydrogen-bond donors (Lipinski definition) is 2. The highest BCUT2D eigenvalue weighted by Gasteiger charge is 2.29. The fourth-order valence-corrected chi connectivity index (χ4v) is 4.54. The summed E-state index contributed by atoms with van der Waals surface area (Å²) in [7, 11) is 3.86. The van der Waals surface area contributed by atoms with Crippen molar-refractivity contribution in [1.82, 2.24) is 25.3 Å². The smallest absolute Gasteiger partial charge is 0.191 e. The van der Waals surface area contributed by atoms with Gasteiger partial charge >= 0.3 is 0 Å². The lowest BCUT2D eigenvalue weighted by atomic mass is 10.1. The summed E-state index contributed by atoms with van der Waals surface area (Å²) in [6.45, 7) is 11.9. The number of nitrogens with one attached hydrogen (secondary N) is 2. The molecular formula is C24H38N6. The van der Waals surface area contributed by atoms with Crippen LogP contribution in [0.25, 0.3) is 0 Å². The van der Waals surface area contributed by atoms with Gasteiger partial charge in [-0.25, -0.2) is 0 Å². The fourth-order valence-electron chi connectivity index (χ4n) is 4.54. The van der Waals surface area contributed by atoms with E-state index in [2.05, 4.69) is 83.7 Å². The van der Waals surface area contributed by atoms with Gasteiger partial charge in [0.25, 0.3) is 0 Å². The molecule has 1 aromatic heterocycles. The molecule has 2 N–H and O–H groups in total. The molecule has 6 heteroatoms. The molecule has 0 saturated carbocycles. The molecule has 2 aromatic rings. The van der Waals surface area contributed by atoms with Gasteiger partial charge in [-0.2, -0.15) is 5.10 Å². The zero-order valence-corrected chi connectivity index (χ0v) is 19.4. The van der Waals surface area contributed by atoms with Gasteiger partial charge in [0.1, 0.15) is 0 Å². The SMILES string of the molecule is CN=C(NCC1CC(C)N(Cc2ccccc2)C1)NC(C)Cc1c(C)nn(C)c1C. The van der Waals surface area contributed by atoms with Gasteiger partial charge in [0.2, 0.25) is 0 Å². The molecule has 1 aliphatic heterocycles. The Hall–Kier alpha value is -2.34. The molecule has 164 valence electrons. The second kappa shape index (κ2) is 10.1. The molecule has 0 spiro atoms. The van der Waals surface area contributed by atoms with E-state index < -0.39 is 0 Å². The molecule has 1 fully saturated rings. The van der Waals surface area contributed by atoms with E-state index in [4.69, 9.17) is 0 Å². The molecule has 30 heavy (non-hydrogen) atoms. The van der Waals surface area contributed by atoms with Gasteiger partial charge in [0, 0.05) is 51.5 Å². The van der Waals surface area contributed by atoms with Gasteiger partial charge in [0.05, 0.1) is 5.69 Å². The van der Waals surface area contributed by atoms with Crippen molar-refractivity contribution in [3.63, 3.8) is 0 Å². The maximum Gasteiger partial charge on any atom is 0.191 e. The van der Waals surface area contributed by atoms with E-state index in [1.165, 1.54) is 23.2 Å². The third-order valence-electron chi connectivity index (χ3n) is 6.35. The van der Waals surface area contributed by atoms with E-state index in [0.717, 1.165) is 37.7 Å². The maximum absolute atomic E-state index is 4.53. The van der Waals surface area contributed by atoms with E-state index in [9.17, 15) is 0 Å². The van der Waals surface area contributed by atoms with Crippen molar-refractivity contribution < 1.29 is 0 Å². The average Bonchev–Trinajstić information content (AvgIpc) is 3.19. The topological polar surface area (TPSA) is 57.5 Å². The van der Waals surface area contributed by atoms with Crippen LogP contribution >= 0.6 is 0 Å². The average molecular weight is 411 g/mol. The van der Waals surface area contributed by atoms with Crippen molar-refractivity contribution >= 4 is 5.96 Å². The van der Waals surface area contributed by atoms with Crippen LogP contribution < -0.4 is 10.6 Å². The van der Waals surface area contributed by atoms with Gasteiger partial charge in [-0.15, -0.1) is 0 Å². The van der Waals surface area contributed by atoms with Crippen LogP contribution in [0.15, 0.2) is 35.3 Å². The number of aromatic nitrogens is 2. The monoisotopic (exact) mass is 410 g/mol. The summed E-state index contributed by atoms with van der Waals surface area (Å²) in [5.74, 6) is 1.52. The number of likely N-dealkylation sites (tertiary alicyclic amines) is 1. The van der Waals surface area contributed by atoms with Crippen LogP contribution in [0.4, 0.5) is 0 Å². The molecule has 1 aromatic carbocycles. The minimum Gasteiger partial charge on any atom is -0.356 e. The van der Waals surface area contributed by atoms with Crippen LogP contribution in [0.3, 0.4) is 0 Å². The van der Waals surface area contributed by atoms with E-state index >= 15 is 0 Å². The number of benzene rings is 1. The molecule has 0 bridgehead atoms. The van der Waals surface area contributed by atoms with Crippen molar-refractivity contribution in [3.05, 3.63) is 52.8 Å². The summed E-state index contributed by atoms with van der Waals surface area (Å²) in [6.07, 6.45) is 2.16. The van der Waals surface area contributed by atoms with Crippen LogP contribution in [0.1, 0.15) is 42.8 Å². The van der Waals surface area contributed by atoms with Crippen LogP contribution in [-0.4, -0.2) is 52.9 Å². The van der Waals surface area contributed by atoms with Gasteiger partial charge in [0.15, 0.2) is 5.96 Å². The minimum atomic E-state index is 0.287. The third-order valence-corrected chi connectivity index (χ3v) is 6.35. The number of rotatable bonds is 7. The Morgan fingerprint density at radius 1 is 1.27 bits per heavy atom. The summed E-state index contributed by atoms with van der Waals surface area (Å²) in [4.78, 5) is 7.04. The van der Waals surface area contributed by atoms with E-state index in [1.54, 1.807) is 0 Å². The summed E-state index contributed by atoms with van der Waals surface area (Å²) in [6, 6.07) is 11.7. The van der Waals surface area contributed by atoms with Crippen LogP contribution in [0.5, 0.6) is 0 Å². The number of aryl methyl sites for hydroxylation is 2. The molecule has 0 amide bonds. The van der Waals surface area contributed by atoms with Gasteiger partial charge in [-0.3, -0.25) is 14.6 Å². The molecule has 3 atom stereocenters. The van der Waals surface area contributed by atoms with E-state index in [1.807, 2.05) is 18.8 Å². The Bertz CT molecular complexity index is 841. The Morgan fingerprint density at radius 2 is 2.00 bits per heavy atom. The highest BCUT2D eigenvalue weighted by molar-refractivity contribution is 5.79. The number of guanidine groups is 1. The highest BCUT2D eigenvalue weighted by atomic mass is 15.3. The molecule has 3 rings (SSSR count). The first-order valence-corrected chi connectivity index (χ1v) is 11.1. The number of nitrogens with zero attached hydrogens (tertiary/aromatic N) is 4. The van der Waals surface area contributed by atoms with Gasteiger partial charge in [-0.05, 0) is 57.6 Å². The van der Waals surface area contributed by atoms with Crippen LogP contribution in [0.2, 0.25) is 0 Å². The lowest BCUT2D eigenvalue weighted by Crippen LogP contribution is -2.44. The largest absolute Gasteiger partial charge is 0.356 e. The zero-order valence-electron chi connectivity index (χ0n) is 19.4. The Morgan fingerprint density at radius 3 is 2.63 bits per heavy atom. The Balaban J connectivity index is 1.47. The molecular weight excluding hydrogens is 372 g/mol. The summed E-state index contributed by atoms with van der Waals surface area (Å²) in [5.41, 5.74) is 5.08. The van der Waals surface area contributed by atoms with Crippen molar-refractivity contribution in [2.45, 2.75) is 59.2 Å². The first kappa shape index (κ1) is 22.3. The Labute approximate surface area is 181 Å². The second-order valence-electron chi connectivity index (χ2n) is 8.84. The third kappa shape index (κ3) is 5.63. The van der Waals surface area contributed by atoms with Gasteiger partial charge in [-0.1, -0.05) is 30.3 Å². The lowest BCUT2D eigenvalue weighted by Gasteiger charge is -2.21. The van der Waals surface area contributed by atoms with Crippen molar-refractivity contribution in [3.8, 4) is 0 Å². The first-order chi connectivity index (χ1) is 14.4. The van der Waals surface area contributed by atoms with Crippen molar-refractivity contribution in [2.24, 2.45) is 18.0 Å². The summed E-state index contributed by atoms with van der Waals surface area (Å²) < 4.78 is 1.97. The zero-order chi connectivity index (χ0) is 21.7. The first-order valence-electron chi connectivity index (χ1n) is 11.1. The van der Waals surface area contributed by atoms with Crippen LogP contribution in [0, 0.1) is 19.8 Å². The number of aliphatic imine (C=N–C) groups is 1.